The molecule has 3 aliphatic rings. The van der Waals surface area contributed by atoms with Crippen molar-refractivity contribution in [2.45, 2.75) is 44.2 Å². The maximum Gasteiger partial charge on any atom is 0.325 e. The average Bonchev–Trinajstić information content (AvgIpc) is 3.27. The van der Waals surface area contributed by atoms with E-state index < -0.39 is 23.4 Å². The number of amides is 4. The standard InChI is InChI=1S/C26H26N6O4/c33-22(16-32-24(34)26(28-25(32)35)13-15-36-20-7-4-3-6-19(20)26)27-18-11-9-17(10-12-18)23-30-29-21-8-2-1-5-14-31(21)23/h3-4,6-7,9-12H,1-2,5,8,13-16H2,(H,27,33)(H,28,35)/t26-/m1/s1. The molecule has 0 bridgehead atoms. The smallest absolute Gasteiger partial charge is 0.325 e. The minimum atomic E-state index is -1.20. The van der Waals surface area contributed by atoms with Crippen molar-refractivity contribution in [3.05, 3.63) is 59.9 Å². The molecule has 0 saturated carbocycles. The van der Waals surface area contributed by atoms with E-state index in [1.165, 1.54) is 6.42 Å². The number of hydrogen-bond acceptors (Lipinski definition) is 6. The number of aromatic nitrogens is 3. The molecule has 10 heteroatoms. The molecule has 0 radical (unpaired) electrons. The minimum absolute atomic E-state index is 0.296. The monoisotopic (exact) mass is 486 g/mol. The maximum atomic E-state index is 13.4. The van der Waals surface area contributed by atoms with Crippen LogP contribution in [0.5, 0.6) is 5.75 Å². The zero-order valence-corrected chi connectivity index (χ0v) is 19.7. The highest BCUT2D eigenvalue weighted by Crippen LogP contribution is 2.40. The first-order valence-electron chi connectivity index (χ1n) is 12.2. The zero-order valence-electron chi connectivity index (χ0n) is 19.7. The number of nitrogens with zero attached hydrogens (tertiary/aromatic N) is 4. The van der Waals surface area contributed by atoms with Gasteiger partial charge in [0.1, 0.15) is 18.1 Å². The van der Waals surface area contributed by atoms with E-state index in [-0.39, 0.29) is 6.54 Å². The summed E-state index contributed by atoms with van der Waals surface area (Å²) >= 11 is 0. The number of rotatable bonds is 4. The SMILES string of the molecule is O=C(CN1C(=O)N[C@@]2(CCOc3ccccc32)C1=O)Nc1ccc(-c2nnc3n2CCCCC3)cc1. The van der Waals surface area contributed by atoms with Crippen molar-refractivity contribution < 1.29 is 19.1 Å². The highest BCUT2D eigenvalue weighted by atomic mass is 16.5. The predicted octanol–water partition coefficient (Wildman–Crippen LogP) is 2.84. The fraction of sp³-hybridized carbons (Fsp3) is 0.346. The van der Waals surface area contributed by atoms with Gasteiger partial charge in [-0.2, -0.15) is 0 Å². The van der Waals surface area contributed by atoms with Gasteiger partial charge in [-0.15, -0.1) is 10.2 Å². The Morgan fingerprint density at radius 1 is 1.06 bits per heavy atom. The Kier molecular flexibility index (Phi) is 5.43. The second-order valence-corrected chi connectivity index (χ2v) is 9.35. The number of para-hydroxylation sites is 1. The van der Waals surface area contributed by atoms with Gasteiger partial charge in [0.05, 0.1) is 6.61 Å². The van der Waals surface area contributed by atoms with Gasteiger partial charge in [-0.05, 0) is 43.2 Å². The second-order valence-electron chi connectivity index (χ2n) is 9.35. The highest BCUT2D eigenvalue weighted by Gasteiger charge is 2.55. The maximum absolute atomic E-state index is 13.4. The minimum Gasteiger partial charge on any atom is -0.493 e. The van der Waals surface area contributed by atoms with Crippen LogP contribution >= 0.6 is 0 Å². The van der Waals surface area contributed by atoms with E-state index in [0.29, 0.717) is 30.0 Å². The fourth-order valence-corrected chi connectivity index (χ4v) is 5.26. The number of carbonyl (C=O) groups excluding carboxylic acids is 3. The van der Waals surface area contributed by atoms with Gasteiger partial charge in [-0.3, -0.25) is 14.5 Å². The van der Waals surface area contributed by atoms with Crippen LogP contribution in [0.15, 0.2) is 48.5 Å². The fourth-order valence-electron chi connectivity index (χ4n) is 5.26. The number of ether oxygens (including phenoxy) is 1. The predicted molar refractivity (Wildman–Crippen MR) is 130 cm³/mol. The van der Waals surface area contributed by atoms with Crippen LogP contribution in [0.2, 0.25) is 0 Å². The lowest BCUT2D eigenvalue weighted by molar-refractivity contribution is -0.135. The van der Waals surface area contributed by atoms with Gasteiger partial charge < -0.3 is 19.9 Å². The van der Waals surface area contributed by atoms with Gasteiger partial charge in [-0.25, -0.2) is 4.79 Å². The Labute approximate surface area is 207 Å². The zero-order chi connectivity index (χ0) is 24.7. The molecule has 3 aromatic rings. The molecule has 4 amide bonds. The lowest BCUT2D eigenvalue weighted by Gasteiger charge is -2.33. The van der Waals surface area contributed by atoms with Crippen LogP contribution in [0.3, 0.4) is 0 Å². The first-order valence-corrected chi connectivity index (χ1v) is 12.2. The molecular weight excluding hydrogens is 460 g/mol. The topological polar surface area (TPSA) is 118 Å². The highest BCUT2D eigenvalue weighted by molar-refractivity contribution is 6.10. The number of fused-ring (bicyclic) bond motifs is 3. The second kappa shape index (κ2) is 8.78. The van der Waals surface area contributed by atoms with Crippen molar-refractivity contribution in [2.24, 2.45) is 0 Å². The molecule has 1 saturated heterocycles. The Bertz CT molecular complexity index is 1350. The molecular formula is C26H26N6O4. The van der Waals surface area contributed by atoms with Gasteiger partial charge in [0.25, 0.3) is 5.91 Å². The third-order valence-electron chi connectivity index (χ3n) is 7.10. The van der Waals surface area contributed by atoms with Crippen molar-refractivity contribution in [3.8, 4) is 17.1 Å². The van der Waals surface area contributed by atoms with Crippen molar-refractivity contribution in [2.75, 3.05) is 18.5 Å². The van der Waals surface area contributed by atoms with Gasteiger partial charge >= 0.3 is 6.03 Å². The Balaban J connectivity index is 1.15. The number of aryl methyl sites for hydroxylation is 1. The summed E-state index contributed by atoms with van der Waals surface area (Å²) in [4.78, 5) is 39.8. The lowest BCUT2D eigenvalue weighted by Crippen LogP contribution is -2.48. The van der Waals surface area contributed by atoms with Gasteiger partial charge in [0.15, 0.2) is 11.4 Å². The number of anilines is 1. The van der Waals surface area contributed by atoms with Gasteiger partial charge in [-0.1, -0.05) is 24.6 Å². The summed E-state index contributed by atoms with van der Waals surface area (Å²) in [6.07, 6.45) is 4.66. The number of benzene rings is 2. The number of urea groups is 1. The summed E-state index contributed by atoms with van der Waals surface area (Å²) in [6.45, 7) is 0.819. The van der Waals surface area contributed by atoms with Crippen LogP contribution in [-0.4, -0.2) is 50.7 Å². The number of imide groups is 1. The number of nitrogens with one attached hydrogen (secondary N) is 2. The number of hydrogen-bond donors (Lipinski definition) is 2. The Hall–Kier alpha value is -4.21. The van der Waals surface area contributed by atoms with E-state index in [4.69, 9.17) is 4.74 Å². The van der Waals surface area contributed by atoms with Crippen molar-refractivity contribution >= 4 is 23.5 Å². The van der Waals surface area contributed by atoms with Crippen LogP contribution in [0.1, 0.15) is 37.1 Å². The van der Waals surface area contributed by atoms with Crippen LogP contribution in [0.25, 0.3) is 11.4 Å². The molecule has 0 aliphatic carbocycles. The van der Waals surface area contributed by atoms with Crippen molar-refractivity contribution in [1.29, 1.82) is 0 Å². The van der Waals surface area contributed by atoms with Crippen LogP contribution < -0.4 is 15.4 Å². The van der Waals surface area contributed by atoms with E-state index in [9.17, 15) is 14.4 Å². The van der Waals surface area contributed by atoms with E-state index >= 15 is 0 Å². The largest absolute Gasteiger partial charge is 0.493 e. The normalized spacial score (nSPS) is 20.8. The first kappa shape index (κ1) is 22.3. The van der Waals surface area contributed by atoms with E-state index in [1.54, 1.807) is 30.3 Å². The molecule has 2 N–H and O–H groups in total. The average molecular weight is 487 g/mol. The van der Waals surface area contributed by atoms with Gasteiger partial charge in [0.2, 0.25) is 5.91 Å². The van der Waals surface area contributed by atoms with Crippen molar-refractivity contribution in [3.63, 3.8) is 0 Å². The van der Waals surface area contributed by atoms with Crippen LogP contribution in [0, 0.1) is 0 Å². The molecule has 4 heterocycles. The molecule has 2 aromatic carbocycles. The molecule has 1 atom stereocenters. The Morgan fingerprint density at radius 2 is 1.89 bits per heavy atom. The number of carbonyl (C=O) groups is 3. The van der Waals surface area contributed by atoms with E-state index in [1.807, 2.05) is 18.2 Å². The molecule has 36 heavy (non-hydrogen) atoms. The lowest BCUT2D eigenvalue weighted by atomic mass is 9.84. The molecule has 184 valence electrons. The van der Waals surface area contributed by atoms with Crippen LogP contribution in [-0.2, 0) is 28.1 Å². The molecule has 1 aromatic heterocycles. The molecule has 6 rings (SSSR count). The van der Waals surface area contributed by atoms with Crippen LogP contribution in [0.4, 0.5) is 10.5 Å². The van der Waals surface area contributed by atoms with Crippen molar-refractivity contribution in [1.82, 2.24) is 25.0 Å². The molecule has 3 aliphatic heterocycles. The first-order chi connectivity index (χ1) is 17.5. The summed E-state index contributed by atoms with van der Waals surface area (Å²) in [5, 5.41) is 14.3. The Morgan fingerprint density at radius 3 is 2.75 bits per heavy atom. The molecule has 0 unspecified atom stereocenters. The summed E-state index contributed by atoms with van der Waals surface area (Å²) in [6, 6.07) is 13.9. The third kappa shape index (κ3) is 3.69. The quantitative estimate of drug-likeness (QED) is 0.548. The summed E-state index contributed by atoms with van der Waals surface area (Å²) in [5.74, 6) is 1.50. The third-order valence-corrected chi connectivity index (χ3v) is 7.10. The molecule has 1 spiro atoms. The summed E-state index contributed by atoms with van der Waals surface area (Å²) in [5.41, 5.74) is 0.893. The summed E-state index contributed by atoms with van der Waals surface area (Å²) < 4.78 is 7.82. The van der Waals surface area contributed by atoms with E-state index in [0.717, 1.165) is 47.9 Å². The molecule has 1 fully saturated rings. The van der Waals surface area contributed by atoms with E-state index in [2.05, 4.69) is 25.4 Å². The summed E-state index contributed by atoms with van der Waals surface area (Å²) in [7, 11) is 0. The molecule has 10 nitrogen and oxygen atoms in total. The van der Waals surface area contributed by atoms with Gasteiger partial charge in [0, 0.05) is 36.2 Å².